The second kappa shape index (κ2) is 10.6. The fourth-order valence-electron chi connectivity index (χ4n) is 4.13. The van der Waals surface area contributed by atoms with Crippen LogP contribution in [0, 0.1) is 6.92 Å². The van der Waals surface area contributed by atoms with Gasteiger partial charge in [-0.3, -0.25) is 4.79 Å². The molecule has 0 aliphatic carbocycles. The van der Waals surface area contributed by atoms with Crippen LogP contribution in [-0.4, -0.2) is 62.8 Å². The number of nitrogens with two attached hydrogens (primary N) is 1. The highest BCUT2D eigenvalue weighted by molar-refractivity contribution is 8.16. The maximum atomic E-state index is 10.8. The van der Waals surface area contributed by atoms with Crippen LogP contribution in [0.4, 0.5) is 0 Å². The number of rotatable bonds is 7. The van der Waals surface area contributed by atoms with Gasteiger partial charge in [0.1, 0.15) is 12.1 Å². The summed E-state index contributed by atoms with van der Waals surface area (Å²) in [7, 11) is -0.651. The van der Waals surface area contributed by atoms with Gasteiger partial charge in [0.25, 0.3) is 0 Å². The van der Waals surface area contributed by atoms with Gasteiger partial charge in [-0.2, -0.15) is 0 Å². The van der Waals surface area contributed by atoms with E-state index in [1.165, 1.54) is 0 Å². The number of aryl methyl sites for hydroxylation is 1. The molecule has 32 heavy (non-hydrogen) atoms. The minimum Gasteiger partial charge on any atom is -0.480 e. The van der Waals surface area contributed by atoms with Gasteiger partial charge in [-0.25, -0.2) is 10.9 Å². The number of aliphatic carboxylic acids is 1. The van der Waals surface area contributed by atoms with Crippen molar-refractivity contribution in [1.29, 1.82) is 0 Å². The number of carboxylic acids is 1. The fourth-order valence-corrected chi connectivity index (χ4v) is 6.53. The quantitative estimate of drug-likeness (QED) is 0.353. The van der Waals surface area contributed by atoms with E-state index in [1.807, 2.05) is 36.4 Å². The Morgan fingerprint density at radius 3 is 2.50 bits per heavy atom. The SMILES string of the molecule is Cc1ccc([C@H]2[C@H](O)[C@H](O)[C@H](O)C[SH]2C)cc1Cc1ccc(/C=C/C[C@H](N)C(=O)O)cc1. The third kappa shape index (κ3) is 5.79. The lowest BCUT2D eigenvalue weighted by molar-refractivity contribution is -0.138. The largest absolute Gasteiger partial charge is 0.480 e. The van der Waals surface area contributed by atoms with Crippen LogP contribution in [0.3, 0.4) is 0 Å². The maximum absolute atomic E-state index is 10.8. The number of hydrogen-bond donors (Lipinski definition) is 6. The highest BCUT2D eigenvalue weighted by atomic mass is 32.2. The van der Waals surface area contributed by atoms with E-state index in [1.54, 1.807) is 6.08 Å². The van der Waals surface area contributed by atoms with Gasteiger partial charge in [0, 0.05) is 11.0 Å². The Kier molecular flexibility index (Phi) is 8.14. The first kappa shape index (κ1) is 24.5. The Bertz CT molecular complexity index is 961. The molecule has 6 N–H and O–H groups in total. The molecule has 1 aliphatic rings. The Morgan fingerprint density at radius 2 is 1.84 bits per heavy atom. The summed E-state index contributed by atoms with van der Waals surface area (Å²) < 4.78 is 0. The van der Waals surface area contributed by atoms with Crippen molar-refractivity contribution in [3.8, 4) is 0 Å². The molecule has 0 amide bonds. The Hall–Kier alpha value is -2.16. The zero-order valence-electron chi connectivity index (χ0n) is 18.4. The third-order valence-corrected chi connectivity index (χ3v) is 8.63. The fraction of sp³-hybridized carbons (Fsp3) is 0.400. The van der Waals surface area contributed by atoms with Gasteiger partial charge < -0.3 is 26.2 Å². The van der Waals surface area contributed by atoms with Crippen molar-refractivity contribution in [1.82, 2.24) is 0 Å². The Morgan fingerprint density at radius 1 is 1.16 bits per heavy atom. The highest BCUT2D eigenvalue weighted by Crippen LogP contribution is 2.48. The molecule has 174 valence electrons. The molecule has 0 radical (unpaired) electrons. The second-order valence-corrected chi connectivity index (χ2v) is 11.1. The topological polar surface area (TPSA) is 124 Å². The molecule has 6 nitrogen and oxygen atoms in total. The Balaban J connectivity index is 1.73. The summed E-state index contributed by atoms with van der Waals surface area (Å²) in [4.78, 5) is 10.8. The molecule has 3 rings (SSSR count). The number of benzene rings is 2. The summed E-state index contributed by atoms with van der Waals surface area (Å²) in [6.45, 7) is 2.06. The number of thiol groups is 1. The summed E-state index contributed by atoms with van der Waals surface area (Å²) in [5.74, 6) is -0.488. The molecule has 0 spiro atoms. The van der Waals surface area contributed by atoms with E-state index in [0.29, 0.717) is 5.75 Å². The van der Waals surface area contributed by atoms with Gasteiger partial charge in [0.15, 0.2) is 0 Å². The number of hydrogen-bond acceptors (Lipinski definition) is 5. The molecule has 6 atom stereocenters. The average Bonchev–Trinajstić information content (AvgIpc) is 2.75. The summed E-state index contributed by atoms with van der Waals surface area (Å²) in [6.07, 6.45) is 3.77. The second-order valence-electron chi connectivity index (χ2n) is 8.62. The van der Waals surface area contributed by atoms with Crippen molar-refractivity contribution in [2.24, 2.45) is 5.73 Å². The summed E-state index contributed by atoms with van der Waals surface area (Å²) in [6, 6.07) is 13.4. The van der Waals surface area contributed by atoms with Crippen molar-refractivity contribution < 1.29 is 25.2 Å². The summed E-state index contributed by atoms with van der Waals surface area (Å²) in [5, 5.41) is 39.4. The van der Waals surface area contributed by atoms with E-state index in [0.717, 1.165) is 34.2 Å². The zero-order chi connectivity index (χ0) is 23.4. The number of aliphatic hydroxyl groups is 3. The van der Waals surface area contributed by atoms with Crippen molar-refractivity contribution in [3.63, 3.8) is 0 Å². The van der Waals surface area contributed by atoms with E-state index in [4.69, 9.17) is 10.8 Å². The van der Waals surface area contributed by atoms with Crippen LogP contribution in [0.25, 0.3) is 6.08 Å². The van der Waals surface area contributed by atoms with Gasteiger partial charge in [-0.1, -0.05) is 54.6 Å². The van der Waals surface area contributed by atoms with Crippen LogP contribution in [0.1, 0.15) is 39.5 Å². The third-order valence-electron chi connectivity index (χ3n) is 6.12. The molecule has 1 heterocycles. The molecule has 2 aromatic rings. The molecule has 1 saturated heterocycles. The summed E-state index contributed by atoms with van der Waals surface area (Å²) >= 11 is 0. The predicted molar refractivity (Wildman–Crippen MR) is 130 cm³/mol. The smallest absolute Gasteiger partial charge is 0.320 e. The minimum absolute atomic E-state index is 0.160. The van der Waals surface area contributed by atoms with E-state index < -0.39 is 41.2 Å². The van der Waals surface area contributed by atoms with Gasteiger partial charge in [-0.05, 0) is 53.8 Å². The maximum Gasteiger partial charge on any atom is 0.320 e. The van der Waals surface area contributed by atoms with E-state index in [-0.39, 0.29) is 11.7 Å². The van der Waals surface area contributed by atoms with Crippen LogP contribution < -0.4 is 5.73 Å². The standard InChI is InChI=1S/C25H33NO5S/c1-15-6-11-18(24-23(29)22(28)21(27)14-32(24)2)13-19(15)12-17-9-7-16(8-10-17)4-3-5-20(26)25(30)31/h3-4,6-11,13,20-24,27-29,32H,5,12,14,26H2,1-2H3,(H,30,31)/b4-3+/t20-,21+,22+,23+,24-/m0/s1. The molecule has 1 unspecified atom stereocenters. The molecular weight excluding hydrogens is 426 g/mol. The van der Waals surface area contributed by atoms with Crippen molar-refractivity contribution in [2.45, 2.75) is 49.4 Å². The van der Waals surface area contributed by atoms with E-state index in [2.05, 4.69) is 25.3 Å². The van der Waals surface area contributed by atoms with Gasteiger partial charge in [0.05, 0.1) is 12.2 Å². The highest BCUT2D eigenvalue weighted by Gasteiger charge is 2.40. The lowest BCUT2D eigenvalue weighted by atomic mass is 9.93. The lowest BCUT2D eigenvalue weighted by Gasteiger charge is -2.42. The molecule has 0 bridgehead atoms. The van der Waals surface area contributed by atoms with Crippen LogP contribution >= 0.6 is 10.9 Å². The Labute approximate surface area is 191 Å². The van der Waals surface area contributed by atoms with E-state index >= 15 is 0 Å². The average molecular weight is 460 g/mol. The van der Waals surface area contributed by atoms with Crippen LogP contribution in [-0.2, 0) is 11.2 Å². The molecule has 1 fully saturated rings. The number of aliphatic hydroxyl groups excluding tert-OH is 3. The van der Waals surface area contributed by atoms with Crippen molar-refractivity contribution >= 4 is 22.9 Å². The van der Waals surface area contributed by atoms with E-state index in [9.17, 15) is 20.1 Å². The van der Waals surface area contributed by atoms with Crippen LogP contribution in [0.2, 0.25) is 0 Å². The minimum atomic E-state index is -1.12. The number of carbonyl (C=O) groups is 1. The van der Waals surface area contributed by atoms with Gasteiger partial charge >= 0.3 is 5.97 Å². The molecule has 7 heteroatoms. The van der Waals surface area contributed by atoms with Crippen molar-refractivity contribution in [3.05, 3.63) is 76.4 Å². The normalized spacial score (nSPS) is 28.0. The summed E-state index contributed by atoms with van der Waals surface area (Å²) in [5.41, 5.74) is 11.0. The van der Waals surface area contributed by atoms with Gasteiger partial charge in [0.2, 0.25) is 0 Å². The molecular formula is C25H33NO5S. The van der Waals surface area contributed by atoms with Crippen LogP contribution in [0.5, 0.6) is 0 Å². The van der Waals surface area contributed by atoms with Gasteiger partial charge in [-0.15, -0.1) is 0 Å². The lowest BCUT2D eigenvalue weighted by Crippen LogP contribution is -2.47. The van der Waals surface area contributed by atoms with Crippen molar-refractivity contribution in [2.75, 3.05) is 12.0 Å². The predicted octanol–water partition coefficient (Wildman–Crippen LogP) is 2.17. The molecule has 0 aromatic heterocycles. The number of carboxylic acid groups (broad SMARTS) is 1. The zero-order valence-corrected chi connectivity index (χ0v) is 19.3. The molecule has 1 aliphatic heterocycles. The first-order valence-corrected chi connectivity index (χ1v) is 12.8. The first-order valence-electron chi connectivity index (χ1n) is 10.7. The monoisotopic (exact) mass is 459 g/mol. The van der Waals surface area contributed by atoms with Crippen LogP contribution in [0.15, 0.2) is 48.5 Å². The molecule has 0 saturated carbocycles. The first-order chi connectivity index (χ1) is 15.2. The molecule has 2 aromatic carbocycles.